The summed E-state index contributed by atoms with van der Waals surface area (Å²) in [6.45, 7) is 11.7. The molecule has 1 aromatic heterocycles. The van der Waals surface area contributed by atoms with Gasteiger partial charge in [-0.3, -0.25) is 4.68 Å². The first kappa shape index (κ1) is 15.8. The van der Waals surface area contributed by atoms with E-state index >= 15 is 0 Å². The molecule has 0 saturated carbocycles. The fraction of sp³-hybridized carbons (Fsp3) is 0.500. The highest BCUT2D eigenvalue weighted by atomic mass is 15.3. The lowest BCUT2D eigenvalue weighted by Gasteiger charge is -2.20. The van der Waals surface area contributed by atoms with Crippen LogP contribution in [0, 0.1) is 27.7 Å². The van der Waals surface area contributed by atoms with Crippen LogP contribution < -0.4 is 5.32 Å². The van der Waals surface area contributed by atoms with Crippen molar-refractivity contribution in [2.24, 2.45) is 7.05 Å². The summed E-state index contributed by atoms with van der Waals surface area (Å²) in [5.41, 5.74) is 7.84. The molecule has 0 bridgehead atoms. The number of nitrogens with one attached hydrogen (secondary N) is 1. The Morgan fingerprint density at radius 3 is 2.38 bits per heavy atom. The molecule has 2 aromatic rings. The number of likely N-dealkylation sites (N-methyl/N-ethyl adjacent to an activating group) is 1. The molecule has 3 heteroatoms. The maximum Gasteiger partial charge on any atom is 0.0629 e. The molecule has 1 aromatic carbocycles. The third kappa shape index (κ3) is 3.35. The molecule has 2 rings (SSSR count). The van der Waals surface area contributed by atoms with Crippen molar-refractivity contribution in [1.29, 1.82) is 0 Å². The van der Waals surface area contributed by atoms with E-state index in [1.54, 1.807) is 0 Å². The van der Waals surface area contributed by atoms with Crippen LogP contribution in [0.2, 0.25) is 0 Å². The molecule has 0 aliphatic carbocycles. The maximum absolute atomic E-state index is 4.54. The summed E-state index contributed by atoms with van der Waals surface area (Å²) in [4.78, 5) is 0. The van der Waals surface area contributed by atoms with Crippen LogP contribution in [0.15, 0.2) is 18.2 Å². The summed E-state index contributed by atoms with van der Waals surface area (Å²) in [7, 11) is 2.02. The van der Waals surface area contributed by atoms with Gasteiger partial charge in [0.15, 0.2) is 0 Å². The second-order valence-electron chi connectivity index (χ2n) is 5.93. The predicted molar refractivity (Wildman–Crippen MR) is 88.7 cm³/mol. The molecule has 21 heavy (non-hydrogen) atoms. The zero-order chi connectivity index (χ0) is 15.6. The van der Waals surface area contributed by atoms with Crippen LogP contribution in [0.3, 0.4) is 0 Å². The highest BCUT2D eigenvalue weighted by molar-refractivity contribution is 5.34. The molecule has 0 radical (unpaired) electrons. The van der Waals surface area contributed by atoms with Crippen molar-refractivity contribution >= 4 is 0 Å². The van der Waals surface area contributed by atoms with E-state index < -0.39 is 0 Å². The molecule has 114 valence electrons. The molecular formula is C18H27N3. The third-order valence-corrected chi connectivity index (χ3v) is 4.45. The molecule has 0 aliphatic heterocycles. The first-order valence-electron chi connectivity index (χ1n) is 7.73. The van der Waals surface area contributed by atoms with E-state index in [4.69, 9.17) is 0 Å². The molecule has 1 N–H and O–H groups in total. The Morgan fingerprint density at radius 1 is 1.14 bits per heavy atom. The van der Waals surface area contributed by atoms with Crippen molar-refractivity contribution in [3.05, 3.63) is 51.8 Å². The van der Waals surface area contributed by atoms with Crippen molar-refractivity contribution in [2.45, 2.75) is 47.1 Å². The van der Waals surface area contributed by atoms with Gasteiger partial charge in [0, 0.05) is 18.8 Å². The normalized spacial score (nSPS) is 12.7. The highest BCUT2D eigenvalue weighted by Crippen LogP contribution is 2.24. The van der Waals surface area contributed by atoms with Gasteiger partial charge in [-0.25, -0.2) is 0 Å². The maximum atomic E-state index is 4.54. The van der Waals surface area contributed by atoms with Crippen molar-refractivity contribution in [2.75, 3.05) is 6.54 Å². The van der Waals surface area contributed by atoms with Crippen LogP contribution in [0.4, 0.5) is 0 Å². The summed E-state index contributed by atoms with van der Waals surface area (Å²) in [6.07, 6.45) is 0.988. The standard InChI is InChI=1S/C18H27N3/c1-7-19-18(16-9-8-12(2)13(3)10-16)11-17-14(4)20-21(6)15(17)5/h8-10,18-19H,7,11H2,1-6H3. The number of benzene rings is 1. The van der Waals surface area contributed by atoms with E-state index in [1.165, 1.54) is 27.9 Å². The van der Waals surface area contributed by atoms with Crippen molar-refractivity contribution in [1.82, 2.24) is 15.1 Å². The van der Waals surface area contributed by atoms with E-state index in [9.17, 15) is 0 Å². The number of aromatic nitrogens is 2. The zero-order valence-corrected chi connectivity index (χ0v) is 14.1. The van der Waals surface area contributed by atoms with Crippen LogP contribution in [0.25, 0.3) is 0 Å². The Labute approximate surface area is 128 Å². The third-order valence-electron chi connectivity index (χ3n) is 4.45. The topological polar surface area (TPSA) is 29.9 Å². The average molecular weight is 285 g/mol. The van der Waals surface area contributed by atoms with Gasteiger partial charge in [-0.05, 0) is 62.9 Å². The van der Waals surface area contributed by atoms with Gasteiger partial charge in [0.1, 0.15) is 0 Å². The van der Waals surface area contributed by atoms with Crippen molar-refractivity contribution in [3.8, 4) is 0 Å². The summed E-state index contributed by atoms with van der Waals surface area (Å²) >= 11 is 0. The molecule has 1 atom stereocenters. The minimum atomic E-state index is 0.343. The fourth-order valence-corrected chi connectivity index (χ4v) is 2.85. The Balaban J connectivity index is 2.32. The van der Waals surface area contributed by atoms with E-state index in [0.717, 1.165) is 18.7 Å². The molecule has 0 amide bonds. The quantitative estimate of drug-likeness (QED) is 0.910. The lowest BCUT2D eigenvalue weighted by Crippen LogP contribution is -2.23. The van der Waals surface area contributed by atoms with Crippen LogP contribution in [-0.2, 0) is 13.5 Å². The van der Waals surface area contributed by atoms with Gasteiger partial charge >= 0.3 is 0 Å². The lowest BCUT2D eigenvalue weighted by molar-refractivity contribution is 0.547. The molecule has 3 nitrogen and oxygen atoms in total. The van der Waals surface area contributed by atoms with Gasteiger partial charge in [-0.1, -0.05) is 25.1 Å². The number of rotatable bonds is 5. The Hall–Kier alpha value is -1.61. The van der Waals surface area contributed by atoms with Gasteiger partial charge in [-0.15, -0.1) is 0 Å². The van der Waals surface area contributed by atoms with Crippen LogP contribution in [0.5, 0.6) is 0 Å². The van der Waals surface area contributed by atoms with Gasteiger partial charge in [0.2, 0.25) is 0 Å². The first-order valence-corrected chi connectivity index (χ1v) is 7.73. The van der Waals surface area contributed by atoms with Crippen LogP contribution >= 0.6 is 0 Å². The summed E-state index contributed by atoms with van der Waals surface area (Å²) in [5.74, 6) is 0. The predicted octanol–water partition coefficient (Wildman–Crippen LogP) is 3.55. The number of hydrogen-bond donors (Lipinski definition) is 1. The molecular weight excluding hydrogens is 258 g/mol. The first-order chi connectivity index (χ1) is 9.93. The fourth-order valence-electron chi connectivity index (χ4n) is 2.85. The number of nitrogens with zero attached hydrogens (tertiary/aromatic N) is 2. The van der Waals surface area contributed by atoms with E-state index in [2.05, 4.69) is 63.2 Å². The lowest BCUT2D eigenvalue weighted by atomic mass is 9.95. The minimum Gasteiger partial charge on any atom is -0.310 e. The number of aryl methyl sites for hydroxylation is 4. The Morgan fingerprint density at radius 2 is 1.86 bits per heavy atom. The molecule has 0 aliphatic rings. The Kier molecular flexibility index (Phi) is 4.84. The van der Waals surface area contributed by atoms with E-state index in [0.29, 0.717) is 6.04 Å². The van der Waals surface area contributed by atoms with Crippen molar-refractivity contribution < 1.29 is 0 Å². The van der Waals surface area contributed by atoms with Crippen molar-refractivity contribution in [3.63, 3.8) is 0 Å². The van der Waals surface area contributed by atoms with Gasteiger partial charge < -0.3 is 5.32 Å². The van der Waals surface area contributed by atoms with Gasteiger partial charge in [0.05, 0.1) is 5.69 Å². The Bertz CT molecular complexity index is 626. The molecule has 0 spiro atoms. The molecule has 1 unspecified atom stereocenters. The second kappa shape index (κ2) is 6.44. The molecule has 0 fully saturated rings. The second-order valence-corrected chi connectivity index (χ2v) is 5.93. The average Bonchev–Trinajstić information content (AvgIpc) is 2.68. The van der Waals surface area contributed by atoms with E-state index in [1.807, 2.05) is 11.7 Å². The monoisotopic (exact) mass is 285 g/mol. The molecule has 1 heterocycles. The van der Waals surface area contributed by atoms with Crippen LogP contribution in [-0.4, -0.2) is 16.3 Å². The SMILES string of the molecule is CCNC(Cc1c(C)nn(C)c1C)c1ccc(C)c(C)c1. The smallest absolute Gasteiger partial charge is 0.0629 e. The molecule has 0 saturated heterocycles. The summed E-state index contributed by atoms with van der Waals surface area (Å²) in [5, 5.41) is 8.16. The zero-order valence-electron chi connectivity index (χ0n) is 14.1. The van der Waals surface area contributed by atoms with Gasteiger partial charge in [-0.2, -0.15) is 5.10 Å². The number of hydrogen-bond acceptors (Lipinski definition) is 2. The summed E-state index contributed by atoms with van der Waals surface area (Å²) < 4.78 is 1.98. The van der Waals surface area contributed by atoms with Crippen LogP contribution in [0.1, 0.15) is 46.6 Å². The van der Waals surface area contributed by atoms with E-state index in [-0.39, 0.29) is 0 Å². The van der Waals surface area contributed by atoms with Gasteiger partial charge in [0.25, 0.3) is 0 Å². The largest absolute Gasteiger partial charge is 0.310 e. The highest BCUT2D eigenvalue weighted by Gasteiger charge is 2.17. The summed E-state index contributed by atoms with van der Waals surface area (Å²) in [6, 6.07) is 7.12. The minimum absolute atomic E-state index is 0.343.